The maximum Gasteiger partial charge on any atom is 0.292 e. The van der Waals surface area contributed by atoms with Crippen LogP contribution in [0.1, 0.15) is 19.4 Å². The van der Waals surface area contributed by atoms with Gasteiger partial charge in [0, 0.05) is 19.2 Å². The Hall–Kier alpha value is -2.15. The third-order valence-electron chi connectivity index (χ3n) is 3.56. The van der Waals surface area contributed by atoms with E-state index in [0.717, 1.165) is 0 Å². The van der Waals surface area contributed by atoms with E-state index in [-0.39, 0.29) is 18.2 Å². The molecule has 1 saturated heterocycles. The molecule has 1 aromatic carbocycles. The molecule has 1 aliphatic rings. The number of aliphatic hydroxyl groups is 1. The highest BCUT2D eigenvalue weighted by Gasteiger charge is 2.40. The van der Waals surface area contributed by atoms with Gasteiger partial charge in [0.05, 0.1) is 11.5 Å². The number of rotatable bonds is 3. The molecule has 1 fully saturated rings. The van der Waals surface area contributed by atoms with Crippen LogP contribution in [0.2, 0.25) is 0 Å². The Morgan fingerprint density at radius 1 is 1.50 bits per heavy atom. The van der Waals surface area contributed by atoms with E-state index < -0.39 is 10.5 Å². The summed E-state index contributed by atoms with van der Waals surface area (Å²) in [6.45, 7) is 4.14. The van der Waals surface area contributed by atoms with Crippen LogP contribution in [-0.2, 0) is 11.4 Å². The number of nitro groups is 1. The van der Waals surface area contributed by atoms with E-state index in [2.05, 4.69) is 5.32 Å². The molecule has 0 unspecified atom stereocenters. The standard InChI is InChI=1S/C13H17N3O4/c1-13(2)12(18)14-5-6-15(13)10-4-3-9(8-17)7-11(10)16(19)20/h3-4,7,17H,5-6,8H2,1-2H3,(H,14,18). The number of carbonyl (C=O) groups is 1. The number of anilines is 1. The number of hydrogen-bond acceptors (Lipinski definition) is 5. The zero-order valence-electron chi connectivity index (χ0n) is 11.4. The number of nitrogens with one attached hydrogen (secondary N) is 1. The first kappa shape index (κ1) is 14.3. The summed E-state index contributed by atoms with van der Waals surface area (Å²) in [5, 5.41) is 23.1. The van der Waals surface area contributed by atoms with Crippen LogP contribution < -0.4 is 10.2 Å². The smallest absolute Gasteiger partial charge is 0.292 e. The molecule has 0 atom stereocenters. The van der Waals surface area contributed by atoms with Crippen molar-refractivity contribution < 1.29 is 14.8 Å². The minimum Gasteiger partial charge on any atom is -0.392 e. The number of benzene rings is 1. The highest BCUT2D eigenvalue weighted by Crippen LogP contribution is 2.34. The van der Waals surface area contributed by atoms with Gasteiger partial charge in [0.25, 0.3) is 5.69 Å². The molecule has 2 N–H and O–H groups in total. The van der Waals surface area contributed by atoms with Crippen LogP contribution in [0.4, 0.5) is 11.4 Å². The fourth-order valence-corrected chi connectivity index (χ4v) is 2.36. The predicted octanol–water partition coefficient (Wildman–Crippen LogP) is 0.802. The zero-order chi connectivity index (χ0) is 14.9. The molecule has 1 aliphatic heterocycles. The second-order valence-corrected chi connectivity index (χ2v) is 5.20. The minimum absolute atomic E-state index is 0.0978. The summed E-state index contributed by atoms with van der Waals surface area (Å²) in [4.78, 5) is 24.4. The van der Waals surface area contributed by atoms with E-state index in [0.29, 0.717) is 24.3 Å². The van der Waals surface area contributed by atoms with Gasteiger partial charge >= 0.3 is 0 Å². The Bertz CT molecular complexity index is 557. The van der Waals surface area contributed by atoms with Gasteiger partial charge < -0.3 is 15.3 Å². The number of nitrogens with zero attached hydrogens (tertiary/aromatic N) is 2. The van der Waals surface area contributed by atoms with E-state index in [1.807, 2.05) is 0 Å². The zero-order valence-corrected chi connectivity index (χ0v) is 11.4. The van der Waals surface area contributed by atoms with Gasteiger partial charge in [-0.15, -0.1) is 0 Å². The van der Waals surface area contributed by atoms with Crippen molar-refractivity contribution in [3.05, 3.63) is 33.9 Å². The second kappa shape index (κ2) is 5.09. The van der Waals surface area contributed by atoms with E-state index in [1.165, 1.54) is 6.07 Å². The van der Waals surface area contributed by atoms with Crippen molar-refractivity contribution in [3.63, 3.8) is 0 Å². The molecule has 1 amide bonds. The monoisotopic (exact) mass is 279 g/mol. The summed E-state index contributed by atoms with van der Waals surface area (Å²) in [7, 11) is 0. The van der Waals surface area contributed by atoms with E-state index in [1.54, 1.807) is 30.9 Å². The molecular formula is C13H17N3O4. The topological polar surface area (TPSA) is 95.7 Å². The predicted molar refractivity (Wildman–Crippen MR) is 73.5 cm³/mol. The Labute approximate surface area is 116 Å². The van der Waals surface area contributed by atoms with Gasteiger partial charge in [-0.25, -0.2) is 0 Å². The number of carbonyl (C=O) groups excluding carboxylic acids is 1. The lowest BCUT2D eigenvalue weighted by Gasteiger charge is -2.42. The summed E-state index contributed by atoms with van der Waals surface area (Å²) < 4.78 is 0. The number of hydrogen-bond donors (Lipinski definition) is 2. The summed E-state index contributed by atoms with van der Waals surface area (Å²) >= 11 is 0. The Morgan fingerprint density at radius 3 is 2.80 bits per heavy atom. The number of amides is 1. The fourth-order valence-electron chi connectivity index (χ4n) is 2.36. The maximum absolute atomic E-state index is 11.9. The first-order chi connectivity index (χ1) is 9.37. The SMILES string of the molecule is CC1(C)C(=O)NCCN1c1ccc(CO)cc1[N+](=O)[O-]. The minimum atomic E-state index is -0.857. The third kappa shape index (κ3) is 2.32. The molecule has 20 heavy (non-hydrogen) atoms. The molecule has 1 aromatic rings. The average Bonchev–Trinajstić information content (AvgIpc) is 2.41. The van der Waals surface area contributed by atoms with Gasteiger partial charge in [-0.3, -0.25) is 14.9 Å². The molecule has 7 heteroatoms. The van der Waals surface area contributed by atoms with E-state index in [4.69, 9.17) is 5.11 Å². The lowest BCUT2D eigenvalue weighted by Crippen LogP contribution is -2.62. The molecule has 0 saturated carbocycles. The van der Waals surface area contributed by atoms with Gasteiger partial charge in [-0.05, 0) is 25.5 Å². The van der Waals surface area contributed by atoms with Crippen LogP contribution in [0.5, 0.6) is 0 Å². The lowest BCUT2D eigenvalue weighted by atomic mass is 9.97. The maximum atomic E-state index is 11.9. The average molecular weight is 279 g/mol. The van der Waals surface area contributed by atoms with Crippen molar-refractivity contribution in [1.29, 1.82) is 0 Å². The summed E-state index contributed by atoms with van der Waals surface area (Å²) in [5.41, 5.74) is -0.0879. The Kier molecular flexibility index (Phi) is 3.63. The third-order valence-corrected chi connectivity index (χ3v) is 3.56. The van der Waals surface area contributed by atoms with Crippen LogP contribution in [0, 0.1) is 10.1 Å². The number of nitro benzene ring substituents is 1. The Morgan fingerprint density at radius 2 is 2.20 bits per heavy atom. The molecule has 0 radical (unpaired) electrons. The van der Waals surface area contributed by atoms with Gasteiger partial charge in [0.2, 0.25) is 5.91 Å². The van der Waals surface area contributed by atoms with Gasteiger partial charge in [0.15, 0.2) is 0 Å². The lowest BCUT2D eigenvalue weighted by molar-refractivity contribution is -0.384. The van der Waals surface area contributed by atoms with Gasteiger partial charge in [0.1, 0.15) is 11.2 Å². The normalized spacial score (nSPS) is 17.8. The highest BCUT2D eigenvalue weighted by molar-refractivity contribution is 5.91. The summed E-state index contributed by atoms with van der Waals surface area (Å²) in [6.07, 6.45) is 0. The first-order valence-corrected chi connectivity index (χ1v) is 6.32. The summed E-state index contributed by atoms with van der Waals surface area (Å²) in [6, 6.07) is 4.56. The first-order valence-electron chi connectivity index (χ1n) is 6.32. The molecule has 0 spiro atoms. The van der Waals surface area contributed by atoms with Crippen molar-refractivity contribution in [2.24, 2.45) is 0 Å². The molecule has 0 aromatic heterocycles. The molecule has 108 valence electrons. The number of aliphatic hydroxyl groups excluding tert-OH is 1. The number of piperazine rings is 1. The Balaban J connectivity index is 2.51. The van der Waals surface area contributed by atoms with Crippen molar-refractivity contribution >= 4 is 17.3 Å². The van der Waals surface area contributed by atoms with Crippen LogP contribution in [0.25, 0.3) is 0 Å². The molecular weight excluding hydrogens is 262 g/mol. The molecule has 7 nitrogen and oxygen atoms in total. The van der Waals surface area contributed by atoms with E-state index >= 15 is 0 Å². The fraction of sp³-hybridized carbons (Fsp3) is 0.462. The van der Waals surface area contributed by atoms with Crippen LogP contribution in [0.3, 0.4) is 0 Å². The van der Waals surface area contributed by atoms with Gasteiger partial charge in [-0.1, -0.05) is 6.07 Å². The molecule has 1 heterocycles. The van der Waals surface area contributed by atoms with Crippen molar-refractivity contribution in [2.45, 2.75) is 26.0 Å². The van der Waals surface area contributed by atoms with Crippen LogP contribution >= 0.6 is 0 Å². The summed E-state index contributed by atoms with van der Waals surface area (Å²) in [5.74, 6) is -0.163. The van der Waals surface area contributed by atoms with Gasteiger partial charge in [-0.2, -0.15) is 0 Å². The molecule has 2 rings (SSSR count). The van der Waals surface area contributed by atoms with Crippen LogP contribution in [0.15, 0.2) is 18.2 Å². The van der Waals surface area contributed by atoms with Crippen LogP contribution in [-0.4, -0.2) is 34.6 Å². The van der Waals surface area contributed by atoms with Crippen molar-refractivity contribution in [1.82, 2.24) is 5.32 Å². The molecule has 0 aliphatic carbocycles. The highest BCUT2D eigenvalue weighted by atomic mass is 16.6. The molecule has 0 bridgehead atoms. The second-order valence-electron chi connectivity index (χ2n) is 5.20. The van der Waals surface area contributed by atoms with Crippen molar-refractivity contribution in [3.8, 4) is 0 Å². The van der Waals surface area contributed by atoms with E-state index in [9.17, 15) is 14.9 Å². The van der Waals surface area contributed by atoms with Crippen molar-refractivity contribution in [2.75, 3.05) is 18.0 Å². The largest absolute Gasteiger partial charge is 0.392 e. The quantitative estimate of drug-likeness (QED) is 0.630.